The monoisotopic (exact) mass is 259 g/mol. The van der Waals surface area contributed by atoms with E-state index in [-0.39, 0.29) is 0 Å². The van der Waals surface area contributed by atoms with Gasteiger partial charge in [-0.2, -0.15) is 0 Å². The Morgan fingerprint density at radius 2 is 1.79 bits per heavy atom. The normalized spacial score (nSPS) is 40.0. The van der Waals surface area contributed by atoms with Gasteiger partial charge in [0.15, 0.2) is 0 Å². The predicted octanol–water partition coefficient (Wildman–Crippen LogP) is 2.69. The summed E-state index contributed by atoms with van der Waals surface area (Å²) in [6.07, 6.45) is 10.6. The van der Waals surface area contributed by atoms with Crippen LogP contribution in [0.3, 0.4) is 0 Å². The molecule has 4 bridgehead atoms. The van der Waals surface area contributed by atoms with Crippen LogP contribution < -0.4 is 5.73 Å². The van der Waals surface area contributed by atoms with Crippen LogP contribution in [0.4, 0.5) is 0 Å². The molecule has 0 spiro atoms. The van der Waals surface area contributed by atoms with E-state index in [1.165, 1.54) is 43.6 Å². The molecule has 4 fully saturated rings. The summed E-state index contributed by atoms with van der Waals surface area (Å²) in [6, 6.07) is 0.742. The molecule has 4 aliphatic rings. The van der Waals surface area contributed by atoms with E-state index in [1.807, 2.05) is 0 Å². The zero-order valence-corrected chi connectivity index (χ0v) is 11.9. The smallest absolute Gasteiger partial charge is 0.106 e. The molecule has 0 aromatic carbocycles. The number of imidazole rings is 1. The van der Waals surface area contributed by atoms with Gasteiger partial charge in [-0.3, -0.25) is 0 Å². The number of hydrogen-bond acceptors (Lipinski definition) is 2. The van der Waals surface area contributed by atoms with Gasteiger partial charge < -0.3 is 10.3 Å². The third kappa shape index (κ3) is 1.85. The highest BCUT2D eigenvalue weighted by atomic mass is 15.1. The lowest BCUT2D eigenvalue weighted by Gasteiger charge is -2.54. The van der Waals surface area contributed by atoms with Crippen LogP contribution in [0.15, 0.2) is 6.20 Å². The van der Waals surface area contributed by atoms with Crippen LogP contribution >= 0.6 is 0 Å². The Morgan fingerprint density at radius 3 is 2.37 bits per heavy atom. The van der Waals surface area contributed by atoms with Gasteiger partial charge in [0.1, 0.15) is 5.82 Å². The highest BCUT2D eigenvalue weighted by Gasteiger charge is 2.49. The average Bonchev–Trinajstić information content (AvgIpc) is 2.69. The minimum absolute atomic E-state index is 0.706. The molecule has 19 heavy (non-hydrogen) atoms. The van der Waals surface area contributed by atoms with Gasteiger partial charge in [-0.1, -0.05) is 0 Å². The first-order valence-corrected chi connectivity index (χ1v) is 7.99. The Hall–Kier alpha value is -0.830. The molecule has 1 heterocycles. The summed E-state index contributed by atoms with van der Waals surface area (Å²) in [6.45, 7) is 2.88. The van der Waals surface area contributed by atoms with Crippen LogP contribution in [-0.4, -0.2) is 16.1 Å². The average molecular weight is 259 g/mol. The molecule has 4 saturated carbocycles. The molecule has 0 saturated heterocycles. The Labute approximate surface area is 115 Å². The first-order chi connectivity index (χ1) is 9.24. The summed E-state index contributed by atoms with van der Waals surface area (Å²) in [7, 11) is 0. The van der Waals surface area contributed by atoms with E-state index in [2.05, 4.69) is 17.7 Å². The molecule has 3 nitrogen and oxygen atoms in total. The quantitative estimate of drug-likeness (QED) is 0.907. The molecule has 104 valence electrons. The van der Waals surface area contributed by atoms with E-state index in [9.17, 15) is 0 Å². The van der Waals surface area contributed by atoms with Crippen molar-refractivity contribution in [3.63, 3.8) is 0 Å². The fourth-order valence-corrected chi connectivity index (χ4v) is 5.47. The van der Waals surface area contributed by atoms with Crippen LogP contribution in [0, 0.1) is 30.6 Å². The summed E-state index contributed by atoms with van der Waals surface area (Å²) >= 11 is 0. The summed E-state index contributed by atoms with van der Waals surface area (Å²) in [5.41, 5.74) is 6.85. The third-order valence-corrected chi connectivity index (χ3v) is 5.87. The lowest BCUT2D eigenvalue weighted by Crippen LogP contribution is -2.46. The molecule has 0 radical (unpaired) electrons. The van der Waals surface area contributed by atoms with Gasteiger partial charge in [-0.05, 0) is 69.2 Å². The van der Waals surface area contributed by atoms with E-state index in [0.29, 0.717) is 6.54 Å². The number of nitrogens with zero attached hydrogens (tertiary/aromatic N) is 2. The minimum atomic E-state index is 0.706. The number of hydrogen-bond donors (Lipinski definition) is 1. The molecule has 0 unspecified atom stereocenters. The van der Waals surface area contributed by atoms with Crippen LogP contribution in [0.5, 0.6) is 0 Å². The summed E-state index contributed by atoms with van der Waals surface area (Å²) in [5, 5.41) is 0. The van der Waals surface area contributed by atoms with Crippen LogP contribution in [0.1, 0.15) is 49.7 Å². The zero-order valence-electron chi connectivity index (χ0n) is 11.9. The maximum atomic E-state index is 5.67. The fraction of sp³-hybridized carbons (Fsp3) is 0.812. The molecule has 1 aromatic rings. The molecule has 4 aliphatic carbocycles. The number of rotatable bonds is 3. The van der Waals surface area contributed by atoms with Crippen molar-refractivity contribution >= 4 is 0 Å². The van der Waals surface area contributed by atoms with Gasteiger partial charge in [-0.15, -0.1) is 0 Å². The van der Waals surface area contributed by atoms with E-state index >= 15 is 0 Å². The molecule has 2 N–H and O–H groups in total. The second-order valence-corrected chi connectivity index (χ2v) is 7.15. The molecule has 5 rings (SSSR count). The molecule has 1 aromatic heterocycles. The molecular formula is C16H25N3. The van der Waals surface area contributed by atoms with Crippen LogP contribution in [-0.2, 0) is 6.42 Å². The highest BCUT2D eigenvalue weighted by Crippen LogP contribution is 2.58. The lowest BCUT2D eigenvalue weighted by molar-refractivity contribution is -0.0298. The Kier molecular flexibility index (Phi) is 2.73. The molecule has 3 heteroatoms. The van der Waals surface area contributed by atoms with Crippen LogP contribution in [0.2, 0.25) is 0 Å². The topological polar surface area (TPSA) is 43.8 Å². The van der Waals surface area contributed by atoms with E-state index in [0.717, 1.165) is 36.1 Å². The first kappa shape index (κ1) is 12.0. The number of aryl methyl sites for hydroxylation is 1. The van der Waals surface area contributed by atoms with Gasteiger partial charge >= 0.3 is 0 Å². The largest absolute Gasteiger partial charge is 0.331 e. The standard InChI is InChI=1S/C16H25N3/c1-10-18-15(2-3-17)9-19(10)16-13-5-11-4-12(7-13)8-14(16)6-11/h9,11-14,16H,2-8,17H2,1H3. The van der Waals surface area contributed by atoms with Gasteiger partial charge in [0, 0.05) is 18.7 Å². The Bertz CT molecular complexity index is 448. The maximum Gasteiger partial charge on any atom is 0.106 e. The second-order valence-electron chi connectivity index (χ2n) is 7.15. The molecule has 0 aliphatic heterocycles. The van der Waals surface area contributed by atoms with E-state index in [4.69, 9.17) is 10.7 Å². The van der Waals surface area contributed by atoms with Crippen molar-refractivity contribution in [1.82, 2.24) is 9.55 Å². The van der Waals surface area contributed by atoms with E-state index < -0.39 is 0 Å². The molecule has 0 atom stereocenters. The number of nitrogens with two attached hydrogens (primary N) is 1. The van der Waals surface area contributed by atoms with Crippen molar-refractivity contribution in [1.29, 1.82) is 0 Å². The number of aromatic nitrogens is 2. The highest BCUT2D eigenvalue weighted by molar-refractivity contribution is 5.10. The molecular weight excluding hydrogens is 234 g/mol. The predicted molar refractivity (Wildman–Crippen MR) is 75.8 cm³/mol. The van der Waals surface area contributed by atoms with Gasteiger partial charge in [0.25, 0.3) is 0 Å². The van der Waals surface area contributed by atoms with Crippen molar-refractivity contribution in [2.24, 2.45) is 29.4 Å². The Balaban J connectivity index is 1.65. The van der Waals surface area contributed by atoms with E-state index in [1.54, 1.807) is 0 Å². The second kappa shape index (κ2) is 4.34. The maximum absolute atomic E-state index is 5.67. The van der Waals surface area contributed by atoms with Crippen molar-refractivity contribution in [2.75, 3.05) is 6.54 Å². The summed E-state index contributed by atoms with van der Waals surface area (Å²) in [4.78, 5) is 4.72. The SMILES string of the molecule is Cc1nc(CCN)cn1C1C2CC3CC(C2)CC1C3. The summed E-state index contributed by atoms with van der Waals surface area (Å²) < 4.78 is 2.51. The Morgan fingerprint density at radius 1 is 1.16 bits per heavy atom. The fourth-order valence-electron chi connectivity index (χ4n) is 5.47. The van der Waals surface area contributed by atoms with Gasteiger partial charge in [0.2, 0.25) is 0 Å². The zero-order chi connectivity index (χ0) is 13.0. The first-order valence-electron chi connectivity index (χ1n) is 7.99. The third-order valence-electron chi connectivity index (χ3n) is 5.87. The minimum Gasteiger partial charge on any atom is -0.331 e. The molecule has 0 amide bonds. The van der Waals surface area contributed by atoms with Gasteiger partial charge in [0.05, 0.1) is 5.69 Å². The van der Waals surface area contributed by atoms with Crippen molar-refractivity contribution < 1.29 is 0 Å². The van der Waals surface area contributed by atoms with Gasteiger partial charge in [-0.25, -0.2) is 4.98 Å². The van der Waals surface area contributed by atoms with Crippen molar-refractivity contribution in [2.45, 2.75) is 51.5 Å². The van der Waals surface area contributed by atoms with Crippen molar-refractivity contribution in [3.05, 3.63) is 17.7 Å². The van der Waals surface area contributed by atoms with Crippen LogP contribution in [0.25, 0.3) is 0 Å². The van der Waals surface area contributed by atoms with Crippen molar-refractivity contribution in [3.8, 4) is 0 Å². The summed E-state index contributed by atoms with van der Waals surface area (Å²) in [5.74, 6) is 5.16. The lowest BCUT2D eigenvalue weighted by atomic mass is 9.54.